The first-order valence-corrected chi connectivity index (χ1v) is 12.2. The Bertz CT molecular complexity index is 902. The normalized spacial score (nSPS) is 25.7. The summed E-state index contributed by atoms with van der Waals surface area (Å²) in [5, 5.41) is 11.3. The molecule has 0 aromatic heterocycles. The van der Waals surface area contributed by atoms with Crippen LogP contribution in [0.1, 0.15) is 38.2 Å². The number of benzene rings is 1. The number of carbonyl (C=O) groups excluding carboxylic acids is 2. The van der Waals surface area contributed by atoms with Crippen LogP contribution in [0.4, 0.5) is 0 Å². The Morgan fingerprint density at radius 3 is 2.62 bits per heavy atom. The van der Waals surface area contributed by atoms with Gasteiger partial charge in [0.05, 0.1) is 16.1 Å². The number of likely N-dealkylation sites (tertiary alicyclic amines) is 1. The molecule has 1 spiro atoms. The van der Waals surface area contributed by atoms with Gasteiger partial charge in [0.2, 0.25) is 11.8 Å². The molecule has 0 bridgehead atoms. The van der Waals surface area contributed by atoms with Crippen molar-refractivity contribution in [1.82, 2.24) is 14.7 Å². The average molecular weight is 480 g/mol. The second-order valence-electron chi connectivity index (χ2n) is 9.32. The maximum Gasteiger partial charge on any atom is 0.247 e. The highest BCUT2D eigenvalue weighted by molar-refractivity contribution is 6.42. The molecule has 2 heterocycles. The number of nitrogens with zero attached hydrogens (tertiary/aromatic N) is 3. The fraction of sp³-hybridized carbons (Fsp3) is 0.583. The van der Waals surface area contributed by atoms with E-state index in [4.69, 9.17) is 23.2 Å². The molecule has 2 atom stereocenters. The van der Waals surface area contributed by atoms with Gasteiger partial charge in [-0.15, -0.1) is 0 Å². The van der Waals surface area contributed by atoms with Gasteiger partial charge in [-0.1, -0.05) is 29.3 Å². The Balaban J connectivity index is 1.24. The number of piperidine rings is 1. The van der Waals surface area contributed by atoms with Crippen LogP contribution in [0.2, 0.25) is 10.0 Å². The number of aliphatic hydroxyl groups excluding tert-OH is 1. The number of hydrogen-bond acceptors (Lipinski definition) is 4. The van der Waals surface area contributed by atoms with E-state index in [1.807, 2.05) is 4.90 Å². The van der Waals surface area contributed by atoms with Gasteiger partial charge in [0, 0.05) is 32.3 Å². The van der Waals surface area contributed by atoms with Gasteiger partial charge in [0.25, 0.3) is 0 Å². The van der Waals surface area contributed by atoms with Gasteiger partial charge in [-0.2, -0.15) is 0 Å². The van der Waals surface area contributed by atoms with Gasteiger partial charge in [0.1, 0.15) is 6.04 Å². The number of aliphatic hydroxyl groups is 1. The van der Waals surface area contributed by atoms with Crippen LogP contribution in [-0.2, 0) is 9.59 Å². The molecule has 2 saturated heterocycles. The summed E-state index contributed by atoms with van der Waals surface area (Å²) >= 11 is 12.0. The molecule has 8 heteroatoms. The third kappa shape index (κ3) is 5.14. The Morgan fingerprint density at radius 2 is 1.94 bits per heavy atom. The van der Waals surface area contributed by atoms with Crippen molar-refractivity contribution >= 4 is 41.1 Å². The first-order chi connectivity index (χ1) is 15.3. The third-order valence-electron chi connectivity index (χ3n) is 7.25. The lowest BCUT2D eigenvalue weighted by Crippen LogP contribution is -2.57. The van der Waals surface area contributed by atoms with E-state index in [0.29, 0.717) is 29.7 Å². The summed E-state index contributed by atoms with van der Waals surface area (Å²) in [6.45, 7) is 6.20. The SMILES string of the molecule is CC1C(=O)N(CCCN2CCC3(CC3)[C@H](O)C2)CCN1C(=O)C=Cc1ccc(Cl)c(Cl)c1. The zero-order valence-corrected chi connectivity index (χ0v) is 20.0. The van der Waals surface area contributed by atoms with Gasteiger partial charge >= 0.3 is 0 Å². The number of rotatable bonds is 6. The standard InChI is InChI=1S/C24H31Cl2N3O3/c1-17-23(32)28(11-2-10-27-12-9-24(7-8-24)21(30)16-27)13-14-29(17)22(31)6-4-18-3-5-19(25)20(26)15-18/h3-6,15,17,21,30H,2,7-14,16H2,1H3/t17?,21-/m1/s1. The van der Waals surface area contributed by atoms with Gasteiger partial charge in [0.15, 0.2) is 0 Å². The largest absolute Gasteiger partial charge is 0.391 e. The summed E-state index contributed by atoms with van der Waals surface area (Å²) < 4.78 is 0. The molecule has 1 aromatic rings. The summed E-state index contributed by atoms with van der Waals surface area (Å²) in [6, 6.07) is 4.69. The van der Waals surface area contributed by atoms with E-state index >= 15 is 0 Å². The quantitative estimate of drug-likeness (QED) is 0.635. The summed E-state index contributed by atoms with van der Waals surface area (Å²) in [4.78, 5) is 31.3. The number of β-amino-alcohol motifs (C(OH)–C–C–N with tert-alkyl or cyclic N) is 1. The van der Waals surface area contributed by atoms with Crippen LogP contribution in [0.3, 0.4) is 0 Å². The Hall–Kier alpha value is -1.60. The summed E-state index contributed by atoms with van der Waals surface area (Å²) in [5.41, 5.74) is 1.000. The fourth-order valence-electron chi connectivity index (χ4n) is 4.84. The highest BCUT2D eigenvalue weighted by Crippen LogP contribution is 2.53. The Kier molecular flexibility index (Phi) is 7.15. The lowest BCUT2D eigenvalue weighted by atomic mass is 9.90. The monoisotopic (exact) mass is 479 g/mol. The number of halogens is 2. The van der Waals surface area contributed by atoms with Crippen LogP contribution >= 0.6 is 23.2 Å². The van der Waals surface area contributed by atoms with Crippen molar-refractivity contribution in [3.8, 4) is 0 Å². The van der Waals surface area contributed by atoms with Crippen molar-refractivity contribution in [2.24, 2.45) is 5.41 Å². The van der Waals surface area contributed by atoms with Crippen molar-refractivity contribution in [3.05, 3.63) is 39.9 Å². The van der Waals surface area contributed by atoms with Gasteiger partial charge in [-0.3, -0.25) is 9.59 Å². The molecular weight excluding hydrogens is 449 g/mol. The van der Waals surface area contributed by atoms with Crippen LogP contribution < -0.4 is 0 Å². The molecule has 1 aromatic carbocycles. The molecule has 1 saturated carbocycles. The van der Waals surface area contributed by atoms with Gasteiger partial charge < -0.3 is 19.8 Å². The van der Waals surface area contributed by atoms with E-state index in [1.165, 1.54) is 18.9 Å². The van der Waals surface area contributed by atoms with Crippen molar-refractivity contribution < 1.29 is 14.7 Å². The third-order valence-corrected chi connectivity index (χ3v) is 7.99. The van der Waals surface area contributed by atoms with Crippen LogP contribution in [0.5, 0.6) is 0 Å². The van der Waals surface area contributed by atoms with Gasteiger partial charge in [-0.25, -0.2) is 0 Å². The number of hydrogen-bond donors (Lipinski definition) is 1. The first-order valence-electron chi connectivity index (χ1n) is 11.4. The maximum atomic E-state index is 12.8. The first kappa shape index (κ1) is 23.6. The lowest BCUT2D eigenvalue weighted by molar-refractivity contribution is -0.148. The zero-order valence-electron chi connectivity index (χ0n) is 18.5. The summed E-state index contributed by atoms with van der Waals surface area (Å²) in [6.07, 6.45) is 7.26. The molecule has 3 fully saturated rings. The minimum atomic E-state index is -0.485. The number of amides is 2. The highest BCUT2D eigenvalue weighted by atomic mass is 35.5. The van der Waals surface area contributed by atoms with Crippen LogP contribution in [0.15, 0.2) is 24.3 Å². The van der Waals surface area contributed by atoms with Crippen molar-refractivity contribution in [1.29, 1.82) is 0 Å². The Morgan fingerprint density at radius 1 is 1.16 bits per heavy atom. The minimum absolute atomic E-state index is 0.0110. The summed E-state index contributed by atoms with van der Waals surface area (Å²) in [7, 11) is 0. The summed E-state index contributed by atoms with van der Waals surface area (Å²) in [5.74, 6) is -0.198. The molecule has 1 unspecified atom stereocenters. The van der Waals surface area contributed by atoms with Gasteiger partial charge in [-0.05, 0) is 74.9 Å². The highest BCUT2D eigenvalue weighted by Gasteiger charge is 2.51. The second-order valence-corrected chi connectivity index (χ2v) is 10.1. The van der Waals surface area contributed by atoms with E-state index in [2.05, 4.69) is 4.90 Å². The lowest BCUT2D eigenvalue weighted by Gasteiger charge is -2.39. The zero-order chi connectivity index (χ0) is 22.9. The molecule has 2 amide bonds. The van der Waals surface area contributed by atoms with Crippen LogP contribution in [0.25, 0.3) is 6.08 Å². The molecule has 2 aliphatic heterocycles. The van der Waals surface area contributed by atoms with E-state index < -0.39 is 6.04 Å². The van der Waals surface area contributed by atoms with Crippen molar-refractivity contribution in [2.75, 3.05) is 39.3 Å². The van der Waals surface area contributed by atoms with Crippen molar-refractivity contribution in [2.45, 2.75) is 44.8 Å². The van der Waals surface area contributed by atoms with E-state index in [-0.39, 0.29) is 23.3 Å². The average Bonchev–Trinajstić information content (AvgIpc) is 3.55. The fourth-order valence-corrected chi connectivity index (χ4v) is 5.15. The molecule has 1 aliphatic carbocycles. The van der Waals surface area contributed by atoms with E-state index in [1.54, 1.807) is 36.1 Å². The number of piperazine rings is 1. The second kappa shape index (κ2) is 9.72. The smallest absolute Gasteiger partial charge is 0.247 e. The molecular formula is C24H31Cl2N3O3. The molecule has 0 radical (unpaired) electrons. The number of carbonyl (C=O) groups is 2. The molecule has 4 rings (SSSR count). The van der Waals surface area contributed by atoms with E-state index in [9.17, 15) is 14.7 Å². The predicted molar refractivity (Wildman–Crippen MR) is 127 cm³/mol. The van der Waals surface area contributed by atoms with Crippen LogP contribution in [0, 0.1) is 5.41 Å². The molecule has 6 nitrogen and oxygen atoms in total. The van der Waals surface area contributed by atoms with Crippen molar-refractivity contribution in [3.63, 3.8) is 0 Å². The molecule has 32 heavy (non-hydrogen) atoms. The molecule has 1 N–H and O–H groups in total. The van der Waals surface area contributed by atoms with Crippen LogP contribution in [-0.4, -0.2) is 83.0 Å². The Labute approximate surface area is 199 Å². The molecule has 3 aliphatic rings. The molecule has 174 valence electrons. The topological polar surface area (TPSA) is 64.1 Å². The predicted octanol–water partition coefficient (Wildman–Crippen LogP) is 3.30. The minimum Gasteiger partial charge on any atom is -0.391 e. The van der Waals surface area contributed by atoms with E-state index in [0.717, 1.165) is 38.0 Å². The maximum absolute atomic E-state index is 12.8.